The fourth-order valence-electron chi connectivity index (χ4n) is 2.39. The molecule has 0 fully saturated rings. The molecule has 0 aliphatic heterocycles. The van der Waals surface area contributed by atoms with Gasteiger partial charge in [0.05, 0.1) is 13.2 Å². The van der Waals surface area contributed by atoms with Crippen LogP contribution in [0.25, 0.3) is 0 Å². The second-order valence-corrected chi connectivity index (χ2v) is 4.93. The van der Waals surface area contributed by atoms with Crippen LogP contribution in [-0.2, 0) is 0 Å². The molecular weight excluding hydrogens is 262 g/mol. The van der Waals surface area contributed by atoms with Gasteiger partial charge in [-0.15, -0.1) is 0 Å². The maximum Gasteiger partial charge on any atom is 0.193 e. The molecule has 1 aromatic heterocycles. The van der Waals surface area contributed by atoms with Gasteiger partial charge in [0.15, 0.2) is 5.22 Å². The fourth-order valence-corrected chi connectivity index (χ4v) is 2.54. The van der Waals surface area contributed by atoms with Crippen molar-refractivity contribution in [2.24, 2.45) is 0 Å². The number of benzene rings is 1. The minimum absolute atomic E-state index is 0.0805. The van der Waals surface area contributed by atoms with Crippen molar-refractivity contribution < 1.29 is 9.15 Å². The van der Waals surface area contributed by atoms with Crippen molar-refractivity contribution in [3.8, 4) is 5.75 Å². The predicted molar refractivity (Wildman–Crippen MR) is 77.1 cm³/mol. The largest absolute Gasteiger partial charge is 0.496 e. The van der Waals surface area contributed by atoms with Gasteiger partial charge in [-0.1, -0.05) is 6.07 Å². The van der Waals surface area contributed by atoms with Crippen LogP contribution in [0.1, 0.15) is 28.5 Å². The molecule has 0 saturated heterocycles. The molecule has 0 aliphatic rings. The molecule has 0 amide bonds. The summed E-state index contributed by atoms with van der Waals surface area (Å²) in [6, 6.07) is 7.70. The van der Waals surface area contributed by atoms with Crippen LogP contribution in [0.5, 0.6) is 5.75 Å². The quantitative estimate of drug-likeness (QED) is 0.923. The summed E-state index contributed by atoms with van der Waals surface area (Å²) >= 11 is 5.86. The van der Waals surface area contributed by atoms with Crippen LogP contribution in [0.4, 0.5) is 0 Å². The number of aryl methyl sites for hydroxylation is 2. The second kappa shape index (κ2) is 5.68. The Morgan fingerprint density at radius 2 is 2.00 bits per heavy atom. The molecule has 1 heterocycles. The van der Waals surface area contributed by atoms with Gasteiger partial charge in [0, 0.05) is 5.56 Å². The van der Waals surface area contributed by atoms with E-state index in [1.807, 2.05) is 19.2 Å². The Labute approximate surface area is 118 Å². The van der Waals surface area contributed by atoms with Crippen LogP contribution >= 0.6 is 11.6 Å². The summed E-state index contributed by atoms with van der Waals surface area (Å²) in [4.78, 5) is 0. The molecule has 1 N–H and O–H groups in total. The maximum atomic E-state index is 5.86. The van der Waals surface area contributed by atoms with E-state index >= 15 is 0 Å². The molecule has 4 heteroatoms. The van der Waals surface area contributed by atoms with Gasteiger partial charge in [0.2, 0.25) is 0 Å². The van der Waals surface area contributed by atoms with Gasteiger partial charge in [0.25, 0.3) is 0 Å². The maximum absolute atomic E-state index is 5.86. The van der Waals surface area contributed by atoms with Gasteiger partial charge in [-0.2, -0.15) is 0 Å². The van der Waals surface area contributed by atoms with E-state index in [-0.39, 0.29) is 6.04 Å². The van der Waals surface area contributed by atoms with Gasteiger partial charge in [-0.25, -0.2) is 0 Å². The number of rotatable bonds is 4. The van der Waals surface area contributed by atoms with Crippen molar-refractivity contribution in [2.45, 2.75) is 19.9 Å². The molecule has 2 aromatic rings. The van der Waals surface area contributed by atoms with Crippen molar-refractivity contribution in [3.05, 3.63) is 51.9 Å². The van der Waals surface area contributed by atoms with Crippen LogP contribution in [0, 0.1) is 13.8 Å². The number of hydrogen-bond donors (Lipinski definition) is 1. The molecule has 1 atom stereocenters. The van der Waals surface area contributed by atoms with Gasteiger partial charge in [-0.3, -0.25) is 0 Å². The molecule has 0 spiro atoms. The molecule has 0 bridgehead atoms. The summed E-state index contributed by atoms with van der Waals surface area (Å²) in [5.41, 5.74) is 3.40. The van der Waals surface area contributed by atoms with Crippen molar-refractivity contribution in [3.63, 3.8) is 0 Å². The van der Waals surface area contributed by atoms with Crippen molar-refractivity contribution in [1.29, 1.82) is 0 Å². The van der Waals surface area contributed by atoms with E-state index in [0.29, 0.717) is 5.22 Å². The summed E-state index contributed by atoms with van der Waals surface area (Å²) in [6.45, 7) is 4.12. The topological polar surface area (TPSA) is 34.4 Å². The molecule has 102 valence electrons. The van der Waals surface area contributed by atoms with Crippen LogP contribution in [0.15, 0.2) is 28.7 Å². The van der Waals surface area contributed by atoms with Gasteiger partial charge in [0.1, 0.15) is 11.5 Å². The Bertz CT molecular complexity index is 578. The Morgan fingerprint density at radius 1 is 1.26 bits per heavy atom. The Morgan fingerprint density at radius 3 is 2.53 bits per heavy atom. The SMILES string of the molecule is CNC(c1ccc(Cl)o1)c1c(C)cc(C)cc1OC. The zero-order valence-electron chi connectivity index (χ0n) is 11.6. The second-order valence-electron chi connectivity index (χ2n) is 4.56. The summed E-state index contributed by atoms with van der Waals surface area (Å²) < 4.78 is 11.0. The molecule has 3 nitrogen and oxygen atoms in total. The molecule has 0 aliphatic carbocycles. The third-order valence-electron chi connectivity index (χ3n) is 3.17. The van der Waals surface area contributed by atoms with E-state index in [9.17, 15) is 0 Å². The fraction of sp³-hybridized carbons (Fsp3) is 0.333. The van der Waals surface area contributed by atoms with Crippen LogP contribution in [-0.4, -0.2) is 14.2 Å². The zero-order chi connectivity index (χ0) is 14.0. The highest BCUT2D eigenvalue weighted by Gasteiger charge is 2.22. The van der Waals surface area contributed by atoms with E-state index in [1.54, 1.807) is 13.2 Å². The molecule has 1 unspecified atom stereocenters. The molecule has 0 saturated carbocycles. The number of halogens is 1. The Kier molecular flexibility index (Phi) is 4.17. The monoisotopic (exact) mass is 279 g/mol. The highest BCUT2D eigenvalue weighted by atomic mass is 35.5. The molecule has 1 aromatic carbocycles. The van der Waals surface area contributed by atoms with E-state index in [0.717, 1.165) is 22.6 Å². The molecule has 2 rings (SSSR count). The lowest BCUT2D eigenvalue weighted by Crippen LogP contribution is -2.19. The first kappa shape index (κ1) is 14.0. The van der Waals surface area contributed by atoms with Crippen molar-refractivity contribution in [2.75, 3.05) is 14.2 Å². The van der Waals surface area contributed by atoms with Gasteiger partial charge >= 0.3 is 0 Å². The highest BCUT2D eigenvalue weighted by Crippen LogP contribution is 2.34. The lowest BCUT2D eigenvalue weighted by Gasteiger charge is -2.20. The van der Waals surface area contributed by atoms with Crippen molar-refractivity contribution >= 4 is 11.6 Å². The minimum Gasteiger partial charge on any atom is -0.496 e. The first-order valence-corrected chi connectivity index (χ1v) is 6.52. The van der Waals surface area contributed by atoms with E-state index < -0.39 is 0 Å². The summed E-state index contributed by atoms with van der Waals surface area (Å²) in [6.07, 6.45) is 0. The minimum atomic E-state index is -0.0805. The number of hydrogen-bond acceptors (Lipinski definition) is 3. The lowest BCUT2D eigenvalue weighted by atomic mass is 9.96. The van der Waals surface area contributed by atoms with E-state index in [4.69, 9.17) is 20.8 Å². The third kappa shape index (κ3) is 2.77. The number of methoxy groups -OCH3 is 1. The van der Waals surface area contributed by atoms with Gasteiger partial charge < -0.3 is 14.5 Å². The number of ether oxygens (including phenoxy) is 1. The standard InChI is InChI=1S/C15H18ClNO2/c1-9-7-10(2)14(12(8-9)18-4)15(17-3)11-5-6-13(16)19-11/h5-8,15,17H,1-4H3. The lowest BCUT2D eigenvalue weighted by molar-refractivity contribution is 0.396. The molecule has 19 heavy (non-hydrogen) atoms. The first-order chi connectivity index (χ1) is 9.06. The third-order valence-corrected chi connectivity index (χ3v) is 3.37. The summed E-state index contributed by atoms with van der Waals surface area (Å²) in [5.74, 6) is 1.63. The predicted octanol–water partition coefficient (Wildman–Crippen LogP) is 3.87. The smallest absolute Gasteiger partial charge is 0.193 e. The Balaban J connectivity index is 2.55. The zero-order valence-corrected chi connectivity index (χ0v) is 12.3. The van der Waals surface area contributed by atoms with Crippen molar-refractivity contribution in [1.82, 2.24) is 5.32 Å². The van der Waals surface area contributed by atoms with Gasteiger partial charge in [-0.05, 0) is 61.8 Å². The average Bonchev–Trinajstić information content (AvgIpc) is 2.78. The van der Waals surface area contributed by atoms with Crippen LogP contribution < -0.4 is 10.1 Å². The highest BCUT2D eigenvalue weighted by molar-refractivity contribution is 6.28. The average molecular weight is 280 g/mol. The number of nitrogens with one attached hydrogen (secondary N) is 1. The summed E-state index contributed by atoms with van der Waals surface area (Å²) in [7, 11) is 3.57. The van der Waals surface area contributed by atoms with E-state index in [1.165, 1.54) is 5.56 Å². The summed E-state index contributed by atoms with van der Waals surface area (Å²) in [5, 5.41) is 3.64. The molecule has 0 radical (unpaired) electrons. The van der Waals surface area contributed by atoms with Crippen LogP contribution in [0.2, 0.25) is 5.22 Å². The Hall–Kier alpha value is -1.45. The normalized spacial score (nSPS) is 12.5. The first-order valence-electron chi connectivity index (χ1n) is 6.14. The number of furan rings is 1. The van der Waals surface area contributed by atoms with Crippen LogP contribution in [0.3, 0.4) is 0 Å². The van der Waals surface area contributed by atoms with E-state index in [2.05, 4.69) is 25.2 Å². The molecular formula is C15H18ClNO2.